The van der Waals surface area contributed by atoms with E-state index in [0.717, 1.165) is 0 Å². The van der Waals surface area contributed by atoms with Gasteiger partial charge in [-0.25, -0.2) is 14.2 Å². The number of anilines is 1. The lowest BCUT2D eigenvalue weighted by atomic mass is 10.1. The highest BCUT2D eigenvalue weighted by Gasteiger charge is 2.17. The molecule has 1 amide bonds. The van der Waals surface area contributed by atoms with Crippen molar-refractivity contribution in [2.45, 2.75) is 20.5 Å². The molecule has 2 aromatic heterocycles. The van der Waals surface area contributed by atoms with Gasteiger partial charge in [-0.1, -0.05) is 11.2 Å². The summed E-state index contributed by atoms with van der Waals surface area (Å²) in [6.07, 6.45) is 0. The molecule has 0 bridgehead atoms. The molecule has 0 aliphatic rings. The molecular weight excluding hydrogens is 353 g/mol. The highest BCUT2D eigenvalue weighted by molar-refractivity contribution is 5.90. The quantitative estimate of drug-likeness (QED) is 0.692. The molecule has 0 aliphatic heterocycles. The van der Waals surface area contributed by atoms with Crippen LogP contribution in [0.4, 0.5) is 10.2 Å². The summed E-state index contributed by atoms with van der Waals surface area (Å²) in [6.45, 7) is 3.01. The maximum Gasteiger partial charge on any atom is 0.357 e. The number of hydrogen-bond acceptors (Lipinski definition) is 6. The summed E-state index contributed by atoms with van der Waals surface area (Å²) in [7, 11) is 0. The lowest BCUT2D eigenvalue weighted by Gasteiger charge is -2.05. The summed E-state index contributed by atoms with van der Waals surface area (Å²) in [5.41, 5.74) is 1.86. The molecule has 1 aromatic carbocycles. The van der Waals surface area contributed by atoms with E-state index in [1.807, 2.05) is 0 Å². The zero-order chi connectivity index (χ0) is 19.4. The summed E-state index contributed by atoms with van der Waals surface area (Å²) in [5, 5.41) is 6.41. The summed E-state index contributed by atoms with van der Waals surface area (Å²) in [6, 6.07) is 10.4. The number of carbonyl (C=O) groups excluding carboxylic acids is 2. The molecule has 27 heavy (non-hydrogen) atoms. The summed E-state index contributed by atoms with van der Waals surface area (Å²) >= 11 is 0. The summed E-state index contributed by atoms with van der Waals surface area (Å²) in [5.74, 6) is -0.563. The average molecular weight is 369 g/mol. The predicted molar refractivity (Wildman–Crippen MR) is 94.3 cm³/mol. The van der Waals surface area contributed by atoms with Crippen molar-refractivity contribution in [3.63, 3.8) is 0 Å². The molecule has 0 atom stereocenters. The van der Waals surface area contributed by atoms with Crippen molar-refractivity contribution >= 4 is 17.7 Å². The van der Waals surface area contributed by atoms with Crippen molar-refractivity contribution in [3.05, 3.63) is 65.2 Å². The number of pyridine rings is 1. The van der Waals surface area contributed by atoms with Gasteiger partial charge in [0.05, 0.1) is 0 Å². The van der Waals surface area contributed by atoms with Crippen LogP contribution in [0.1, 0.15) is 28.7 Å². The fraction of sp³-hybridized carbons (Fsp3) is 0.158. The molecule has 0 saturated heterocycles. The zero-order valence-corrected chi connectivity index (χ0v) is 14.7. The van der Waals surface area contributed by atoms with E-state index in [2.05, 4.69) is 15.5 Å². The SMILES string of the molecule is CC(=O)Nc1cccc(C(=O)OCc2noc(-c3ccc(F)cc3)c2C)n1. The number of nitrogens with one attached hydrogen (secondary N) is 1. The first-order valence-electron chi connectivity index (χ1n) is 8.07. The maximum atomic E-state index is 13.0. The molecular formula is C19H16FN3O4. The topological polar surface area (TPSA) is 94.3 Å². The molecule has 3 rings (SSSR count). The molecule has 0 aliphatic carbocycles. The molecule has 0 radical (unpaired) electrons. The van der Waals surface area contributed by atoms with Gasteiger partial charge in [0.15, 0.2) is 11.5 Å². The van der Waals surface area contributed by atoms with E-state index < -0.39 is 5.97 Å². The van der Waals surface area contributed by atoms with Crippen LogP contribution >= 0.6 is 0 Å². The zero-order valence-electron chi connectivity index (χ0n) is 14.7. The van der Waals surface area contributed by atoms with Crippen LogP contribution in [0.5, 0.6) is 0 Å². The molecule has 3 aromatic rings. The van der Waals surface area contributed by atoms with Gasteiger partial charge >= 0.3 is 5.97 Å². The van der Waals surface area contributed by atoms with Crippen molar-refractivity contribution in [2.24, 2.45) is 0 Å². The van der Waals surface area contributed by atoms with Gasteiger partial charge < -0.3 is 14.6 Å². The largest absolute Gasteiger partial charge is 0.454 e. The predicted octanol–water partition coefficient (Wildman–Crippen LogP) is 3.50. The molecule has 138 valence electrons. The minimum absolute atomic E-state index is 0.0566. The van der Waals surface area contributed by atoms with Crippen LogP contribution in [0, 0.1) is 12.7 Å². The Morgan fingerprint density at radius 3 is 2.63 bits per heavy atom. The van der Waals surface area contributed by atoms with Gasteiger partial charge in [-0.15, -0.1) is 0 Å². The molecule has 0 spiro atoms. The smallest absolute Gasteiger partial charge is 0.357 e. The van der Waals surface area contributed by atoms with Crippen LogP contribution in [-0.4, -0.2) is 22.0 Å². The van der Waals surface area contributed by atoms with Crippen molar-refractivity contribution in [1.29, 1.82) is 0 Å². The van der Waals surface area contributed by atoms with Gasteiger partial charge in [0.25, 0.3) is 0 Å². The lowest BCUT2D eigenvalue weighted by molar-refractivity contribution is -0.114. The third-order valence-electron chi connectivity index (χ3n) is 3.73. The van der Waals surface area contributed by atoms with Crippen molar-refractivity contribution < 1.29 is 23.2 Å². The normalized spacial score (nSPS) is 10.5. The van der Waals surface area contributed by atoms with E-state index in [0.29, 0.717) is 22.6 Å². The highest BCUT2D eigenvalue weighted by atomic mass is 19.1. The highest BCUT2D eigenvalue weighted by Crippen LogP contribution is 2.26. The Kier molecular flexibility index (Phi) is 5.25. The number of aromatic nitrogens is 2. The standard InChI is InChI=1S/C19H16FN3O4/c1-11-16(23-27-18(11)13-6-8-14(20)9-7-13)10-26-19(25)15-4-3-5-17(22-15)21-12(2)24/h3-9H,10H2,1-2H3,(H,21,22,24). The molecule has 7 nitrogen and oxygen atoms in total. The number of rotatable bonds is 5. The number of amides is 1. The molecule has 0 unspecified atom stereocenters. The molecule has 2 heterocycles. The van der Waals surface area contributed by atoms with Gasteiger partial charge in [0, 0.05) is 18.1 Å². The minimum atomic E-state index is -0.659. The average Bonchev–Trinajstić information content (AvgIpc) is 3.00. The number of nitrogens with zero attached hydrogens (tertiary/aromatic N) is 2. The molecule has 8 heteroatoms. The van der Waals surface area contributed by atoms with Crippen molar-refractivity contribution in [1.82, 2.24) is 10.1 Å². The fourth-order valence-corrected chi connectivity index (χ4v) is 2.38. The third-order valence-corrected chi connectivity index (χ3v) is 3.73. The van der Waals surface area contributed by atoms with E-state index in [1.165, 1.54) is 25.1 Å². The van der Waals surface area contributed by atoms with E-state index in [9.17, 15) is 14.0 Å². The van der Waals surface area contributed by atoms with Crippen molar-refractivity contribution in [3.8, 4) is 11.3 Å². The first-order valence-corrected chi connectivity index (χ1v) is 8.07. The Balaban J connectivity index is 1.69. The first kappa shape index (κ1) is 18.2. The van der Waals surface area contributed by atoms with Gasteiger partial charge in [0.2, 0.25) is 5.91 Å². The second kappa shape index (κ2) is 7.77. The van der Waals surface area contributed by atoms with Crippen molar-refractivity contribution in [2.75, 3.05) is 5.32 Å². The summed E-state index contributed by atoms with van der Waals surface area (Å²) in [4.78, 5) is 27.3. The third kappa shape index (κ3) is 4.35. The number of esters is 1. The Bertz CT molecular complexity index is 983. The molecule has 0 saturated carbocycles. The van der Waals surface area contributed by atoms with Gasteiger partial charge in [0.1, 0.15) is 23.9 Å². The number of ether oxygens (including phenoxy) is 1. The van der Waals surface area contributed by atoms with Crippen LogP contribution < -0.4 is 5.32 Å². The maximum absolute atomic E-state index is 13.0. The second-order valence-electron chi connectivity index (χ2n) is 5.76. The Morgan fingerprint density at radius 1 is 1.19 bits per heavy atom. The number of carbonyl (C=O) groups is 2. The van der Waals surface area contributed by atoms with Gasteiger partial charge in [-0.2, -0.15) is 0 Å². The molecule has 0 fully saturated rings. The van der Waals surface area contributed by atoms with E-state index >= 15 is 0 Å². The van der Waals surface area contributed by atoms with E-state index in [1.54, 1.807) is 31.2 Å². The Hall–Kier alpha value is -3.55. The fourth-order valence-electron chi connectivity index (χ4n) is 2.38. The van der Waals surface area contributed by atoms with E-state index in [4.69, 9.17) is 9.26 Å². The van der Waals surface area contributed by atoms with Gasteiger partial charge in [-0.3, -0.25) is 4.79 Å². The van der Waals surface area contributed by atoms with Crippen LogP contribution in [0.25, 0.3) is 11.3 Å². The molecule has 1 N–H and O–H groups in total. The first-order chi connectivity index (χ1) is 12.9. The van der Waals surface area contributed by atoms with Gasteiger partial charge in [-0.05, 0) is 43.3 Å². The number of hydrogen-bond donors (Lipinski definition) is 1. The van der Waals surface area contributed by atoms with Crippen LogP contribution in [0.15, 0.2) is 47.0 Å². The Morgan fingerprint density at radius 2 is 1.93 bits per heavy atom. The number of halogens is 1. The number of benzene rings is 1. The Labute approximate surface area is 154 Å². The lowest BCUT2D eigenvalue weighted by Crippen LogP contribution is -2.12. The summed E-state index contributed by atoms with van der Waals surface area (Å²) < 4.78 is 23.6. The van der Waals surface area contributed by atoms with Crippen LogP contribution in [-0.2, 0) is 16.1 Å². The monoisotopic (exact) mass is 369 g/mol. The minimum Gasteiger partial charge on any atom is -0.454 e. The van der Waals surface area contributed by atoms with Crippen LogP contribution in [0.3, 0.4) is 0 Å². The second-order valence-corrected chi connectivity index (χ2v) is 5.76. The van der Waals surface area contributed by atoms with E-state index in [-0.39, 0.29) is 29.8 Å². The van der Waals surface area contributed by atoms with Crippen LogP contribution in [0.2, 0.25) is 0 Å².